The lowest BCUT2D eigenvalue weighted by atomic mass is 10.1. The molecule has 23 heavy (non-hydrogen) atoms. The first-order valence-electron chi connectivity index (χ1n) is 6.52. The number of ether oxygens (including phenoxy) is 1. The van der Waals surface area contributed by atoms with Crippen molar-refractivity contribution < 1.29 is 26.3 Å². The Morgan fingerprint density at radius 2 is 1.74 bits per heavy atom. The molecule has 0 saturated heterocycles. The summed E-state index contributed by atoms with van der Waals surface area (Å²) in [5.74, 6) is 0.502. The molecule has 4 nitrogen and oxygen atoms in total. The number of hydrogen-bond donors (Lipinski definition) is 1. The zero-order valence-corrected chi connectivity index (χ0v) is 12.9. The van der Waals surface area contributed by atoms with Crippen molar-refractivity contribution in [1.29, 1.82) is 0 Å². The molecule has 0 aliphatic rings. The second-order valence-electron chi connectivity index (χ2n) is 4.70. The van der Waals surface area contributed by atoms with E-state index >= 15 is 0 Å². The van der Waals surface area contributed by atoms with Crippen LogP contribution in [-0.2, 0) is 22.7 Å². The standard InChI is InChI=1S/C15H14F3NO3S/c1-22-13-5-7-14(8-6-13)23(20,21)19-10-11-3-2-4-12(9-11)15(16,17)18/h2-9,19H,10H2,1H3. The Bertz CT molecular complexity index is 771. The van der Waals surface area contributed by atoms with Gasteiger partial charge in [0.05, 0.1) is 17.6 Å². The summed E-state index contributed by atoms with van der Waals surface area (Å²) >= 11 is 0. The van der Waals surface area contributed by atoms with E-state index in [0.29, 0.717) is 5.75 Å². The van der Waals surface area contributed by atoms with Gasteiger partial charge in [-0.1, -0.05) is 18.2 Å². The van der Waals surface area contributed by atoms with Gasteiger partial charge in [-0.25, -0.2) is 13.1 Å². The lowest BCUT2D eigenvalue weighted by Gasteiger charge is -2.10. The largest absolute Gasteiger partial charge is 0.497 e. The van der Waals surface area contributed by atoms with E-state index in [0.717, 1.165) is 12.1 Å². The molecule has 0 bridgehead atoms. The number of alkyl halides is 3. The van der Waals surface area contributed by atoms with E-state index in [-0.39, 0.29) is 17.0 Å². The van der Waals surface area contributed by atoms with Crippen LogP contribution in [0.1, 0.15) is 11.1 Å². The molecule has 0 aliphatic carbocycles. The minimum atomic E-state index is -4.47. The van der Waals surface area contributed by atoms with Gasteiger partial charge in [-0.3, -0.25) is 0 Å². The molecule has 8 heteroatoms. The average Bonchev–Trinajstić information content (AvgIpc) is 2.52. The van der Waals surface area contributed by atoms with Gasteiger partial charge in [-0.05, 0) is 35.9 Å². The Kier molecular flexibility index (Phi) is 4.96. The number of rotatable bonds is 5. The third kappa shape index (κ3) is 4.46. The molecule has 0 atom stereocenters. The van der Waals surface area contributed by atoms with E-state index in [1.807, 2.05) is 0 Å². The summed E-state index contributed by atoms with van der Waals surface area (Å²) in [5.41, 5.74) is -0.601. The number of benzene rings is 2. The Balaban J connectivity index is 2.13. The third-order valence-corrected chi connectivity index (χ3v) is 4.51. The van der Waals surface area contributed by atoms with Gasteiger partial charge in [0, 0.05) is 6.54 Å². The highest BCUT2D eigenvalue weighted by Crippen LogP contribution is 2.29. The van der Waals surface area contributed by atoms with E-state index in [1.165, 1.54) is 43.5 Å². The van der Waals surface area contributed by atoms with E-state index in [9.17, 15) is 21.6 Å². The summed E-state index contributed by atoms with van der Waals surface area (Å²) in [6.07, 6.45) is -4.47. The fourth-order valence-corrected chi connectivity index (χ4v) is 2.89. The van der Waals surface area contributed by atoms with Crippen LogP contribution in [0.5, 0.6) is 5.75 Å². The maximum atomic E-state index is 12.6. The van der Waals surface area contributed by atoms with Crippen molar-refractivity contribution in [1.82, 2.24) is 4.72 Å². The molecule has 2 aromatic rings. The highest BCUT2D eigenvalue weighted by Gasteiger charge is 2.30. The summed E-state index contributed by atoms with van der Waals surface area (Å²) < 4.78 is 69.3. The molecule has 0 aromatic heterocycles. The van der Waals surface area contributed by atoms with Crippen molar-refractivity contribution in [2.75, 3.05) is 7.11 Å². The predicted octanol–water partition coefficient (Wildman–Crippen LogP) is 3.19. The van der Waals surface area contributed by atoms with Gasteiger partial charge in [0.25, 0.3) is 0 Å². The van der Waals surface area contributed by atoms with Crippen LogP contribution >= 0.6 is 0 Å². The fraction of sp³-hybridized carbons (Fsp3) is 0.200. The van der Waals surface area contributed by atoms with Crippen LogP contribution < -0.4 is 9.46 Å². The van der Waals surface area contributed by atoms with Crippen LogP contribution in [0.15, 0.2) is 53.4 Å². The topological polar surface area (TPSA) is 55.4 Å². The molecule has 0 fully saturated rings. The molecule has 0 heterocycles. The van der Waals surface area contributed by atoms with Crippen LogP contribution in [0.4, 0.5) is 13.2 Å². The van der Waals surface area contributed by atoms with E-state index in [1.54, 1.807) is 0 Å². The normalized spacial score (nSPS) is 12.2. The van der Waals surface area contributed by atoms with Crippen LogP contribution in [0.2, 0.25) is 0 Å². The van der Waals surface area contributed by atoms with E-state index in [4.69, 9.17) is 4.74 Å². The van der Waals surface area contributed by atoms with Crippen molar-refractivity contribution >= 4 is 10.0 Å². The zero-order chi connectivity index (χ0) is 17.1. The van der Waals surface area contributed by atoms with Crippen molar-refractivity contribution in [2.24, 2.45) is 0 Å². The summed E-state index contributed by atoms with van der Waals surface area (Å²) in [5, 5.41) is 0. The molecule has 0 unspecified atom stereocenters. The molecule has 0 radical (unpaired) electrons. The van der Waals surface area contributed by atoms with Gasteiger partial charge in [0.2, 0.25) is 10.0 Å². The zero-order valence-electron chi connectivity index (χ0n) is 12.1. The molecule has 1 N–H and O–H groups in total. The van der Waals surface area contributed by atoms with Crippen molar-refractivity contribution in [2.45, 2.75) is 17.6 Å². The van der Waals surface area contributed by atoms with Crippen molar-refractivity contribution in [3.8, 4) is 5.75 Å². The SMILES string of the molecule is COc1ccc(S(=O)(=O)NCc2cccc(C(F)(F)F)c2)cc1. The highest BCUT2D eigenvalue weighted by atomic mass is 32.2. The van der Waals surface area contributed by atoms with Gasteiger partial charge in [0.1, 0.15) is 5.75 Å². The summed E-state index contributed by atoms with van der Waals surface area (Å²) in [6.45, 7) is -0.238. The number of methoxy groups -OCH3 is 1. The molecule has 124 valence electrons. The first-order chi connectivity index (χ1) is 10.7. The first kappa shape index (κ1) is 17.3. The number of hydrogen-bond acceptors (Lipinski definition) is 3. The molecule has 0 amide bonds. The predicted molar refractivity (Wildman–Crippen MR) is 78.5 cm³/mol. The van der Waals surface area contributed by atoms with E-state index < -0.39 is 21.8 Å². The molecule has 0 aliphatic heterocycles. The summed E-state index contributed by atoms with van der Waals surface area (Å²) in [4.78, 5) is 0.00489. The van der Waals surface area contributed by atoms with Crippen LogP contribution in [0.3, 0.4) is 0 Å². The van der Waals surface area contributed by atoms with Crippen molar-refractivity contribution in [3.05, 3.63) is 59.7 Å². The Labute approximate surface area is 132 Å². The average molecular weight is 345 g/mol. The second-order valence-corrected chi connectivity index (χ2v) is 6.47. The Hall–Kier alpha value is -2.06. The quantitative estimate of drug-likeness (QED) is 0.905. The lowest BCUT2D eigenvalue weighted by Crippen LogP contribution is -2.23. The smallest absolute Gasteiger partial charge is 0.416 e. The van der Waals surface area contributed by atoms with Crippen LogP contribution in [-0.4, -0.2) is 15.5 Å². The summed E-state index contributed by atoms with van der Waals surface area (Å²) in [6, 6.07) is 10.2. The van der Waals surface area contributed by atoms with Gasteiger partial charge < -0.3 is 4.74 Å². The second kappa shape index (κ2) is 6.59. The third-order valence-electron chi connectivity index (χ3n) is 3.09. The molecule has 2 rings (SSSR count). The molecular formula is C15H14F3NO3S. The lowest BCUT2D eigenvalue weighted by molar-refractivity contribution is -0.137. The van der Waals surface area contributed by atoms with E-state index in [2.05, 4.69) is 4.72 Å². The van der Waals surface area contributed by atoms with Gasteiger partial charge >= 0.3 is 6.18 Å². The van der Waals surface area contributed by atoms with Gasteiger partial charge in [0.15, 0.2) is 0 Å². The first-order valence-corrected chi connectivity index (χ1v) is 8.00. The minimum Gasteiger partial charge on any atom is -0.497 e. The van der Waals surface area contributed by atoms with Gasteiger partial charge in [-0.2, -0.15) is 13.2 Å². The highest BCUT2D eigenvalue weighted by molar-refractivity contribution is 7.89. The maximum absolute atomic E-state index is 12.6. The Morgan fingerprint density at radius 1 is 1.09 bits per heavy atom. The maximum Gasteiger partial charge on any atom is 0.416 e. The van der Waals surface area contributed by atoms with Crippen LogP contribution in [0, 0.1) is 0 Å². The molecule has 0 spiro atoms. The minimum absolute atomic E-state index is 0.00489. The van der Waals surface area contributed by atoms with Crippen molar-refractivity contribution in [3.63, 3.8) is 0 Å². The molecular weight excluding hydrogens is 331 g/mol. The Morgan fingerprint density at radius 3 is 2.30 bits per heavy atom. The molecule has 0 saturated carbocycles. The molecule has 2 aromatic carbocycles. The summed E-state index contributed by atoms with van der Waals surface area (Å²) in [7, 11) is -2.36. The number of nitrogens with one attached hydrogen (secondary N) is 1. The van der Waals surface area contributed by atoms with Crippen LogP contribution in [0.25, 0.3) is 0 Å². The van der Waals surface area contributed by atoms with Gasteiger partial charge in [-0.15, -0.1) is 0 Å². The number of halogens is 3. The number of sulfonamides is 1. The fourth-order valence-electron chi connectivity index (χ4n) is 1.87. The monoisotopic (exact) mass is 345 g/mol.